The number of allylic oxidation sites excluding steroid dienone is 1. The van der Waals surface area contributed by atoms with Gasteiger partial charge in [-0.1, -0.05) is 6.08 Å². The van der Waals surface area contributed by atoms with Crippen LogP contribution in [0.1, 0.15) is 40.7 Å². The Morgan fingerprint density at radius 3 is 2.40 bits per heavy atom. The average Bonchev–Trinajstić information content (AvgIpc) is 3.23. The number of hydrogen-bond donors (Lipinski definition) is 1. The maximum atomic E-state index is 13.2. The molecule has 0 atom stereocenters. The Morgan fingerprint density at radius 1 is 1.07 bits per heavy atom. The molecule has 1 aliphatic rings. The molecule has 0 spiro atoms. The molecule has 1 N–H and O–H groups in total. The minimum atomic E-state index is -0.519. The van der Waals surface area contributed by atoms with E-state index in [0.29, 0.717) is 49.0 Å². The van der Waals surface area contributed by atoms with Gasteiger partial charge in [0.1, 0.15) is 11.0 Å². The van der Waals surface area contributed by atoms with Crippen LogP contribution in [0, 0.1) is 0 Å². The van der Waals surface area contributed by atoms with Gasteiger partial charge in [-0.25, -0.2) is 23.8 Å². The first-order valence-corrected chi connectivity index (χ1v) is 14.2. The number of amides is 1. The fraction of sp³-hybridized carbons (Fsp3) is 0.400. The number of nitrogens with zero attached hydrogens (tertiary/aromatic N) is 8. The molecule has 3 aromatic heterocycles. The van der Waals surface area contributed by atoms with Crippen molar-refractivity contribution in [3.05, 3.63) is 76.0 Å². The summed E-state index contributed by atoms with van der Waals surface area (Å²) >= 11 is 0. The van der Waals surface area contributed by atoms with Crippen LogP contribution in [-0.2, 0) is 11.3 Å². The average molecular weight is 588 g/mol. The van der Waals surface area contributed by atoms with Gasteiger partial charge in [0.2, 0.25) is 5.95 Å². The summed E-state index contributed by atoms with van der Waals surface area (Å²) in [7, 11) is 0. The van der Waals surface area contributed by atoms with Crippen molar-refractivity contribution in [3.63, 3.8) is 0 Å². The lowest BCUT2D eigenvalue weighted by Gasteiger charge is -2.36. The minimum absolute atomic E-state index is 0.169. The molecule has 0 unspecified atom stereocenters. The second-order valence-corrected chi connectivity index (χ2v) is 11.6. The normalized spacial score (nSPS) is 13.9. The lowest BCUT2D eigenvalue weighted by molar-refractivity contribution is 0.0240. The summed E-state index contributed by atoms with van der Waals surface area (Å²) < 4.78 is 9.91. The van der Waals surface area contributed by atoms with Gasteiger partial charge in [0.05, 0.1) is 12.6 Å². The zero-order chi connectivity index (χ0) is 30.9. The van der Waals surface area contributed by atoms with E-state index in [4.69, 9.17) is 4.74 Å². The first-order valence-electron chi connectivity index (χ1n) is 14.2. The summed E-state index contributed by atoms with van der Waals surface area (Å²) in [5, 5.41) is 8.04. The van der Waals surface area contributed by atoms with Crippen LogP contribution in [0.5, 0.6) is 0 Å². The van der Waals surface area contributed by atoms with Gasteiger partial charge in [0.15, 0.2) is 11.5 Å². The van der Waals surface area contributed by atoms with Gasteiger partial charge < -0.3 is 19.9 Å². The molecule has 0 saturated carbocycles. The molecule has 226 valence electrons. The molecule has 4 heterocycles. The number of nitrogens with one attached hydrogen (secondary N) is 1. The molecule has 1 saturated heterocycles. The van der Waals surface area contributed by atoms with Crippen molar-refractivity contribution < 1.29 is 9.53 Å². The first kappa shape index (κ1) is 29.5. The van der Waals surface area contributed by atoms with Crippen LogP contribution in [0.25, 0.3) is 16.9 Å². The number of carbonyl (C=O) groups is 1. The van der Waals surface area contributed by atoms with Crippen LogP contribution in [0.2, 0.25) is 0 Å². The highest BCUT2D eigenvalue weighted by Gasteiger charge is 2.26. The van der Waals surface area contributed by atoms with E-state index in [9.17, 15) is 14.4 Å². The molecule has 1 fully saturated rings. The van der Waals surface area contributed by atoms with Crippen molar-refractivity contribution in [2.45, 2.75) is 52.8 Å². The Bertz CT molecular complexity index is 1760. The van der Waals surface area contributed by atoms with Crippen molar-refractivity contribution in [1.82, 2.24) is 34.0 Å². The largest absolute Gasteiger partial charge is 0.444 e. The predicted molar refractivity (Wildman–Crippen MR) is 166 cm³/mol. The highest BCUT2D eigenvalue weighted by molar-refractivity contribution is 5.77. The molecule has 1 aliphatic heterocycles. The predicted octanol–water partition coefficient (Wildman–Crippen LogP) is 3.71. The van der Waals surface area contributed by atoms with Crippen LogP contribution in [0.15, 0.2) is 64.8 Å². The lowest BCUT2D eigenvalue weighted by Crippen LogP contribution is -2.50. The summed E-state index contributed by atoms with van der Waals surface area (Å²) in [6, 6.07) is 10.7. The number of aromatic nitrogens is 6. The molecule has 0 bridgehead atoms. The van der Waals surface area contributed by atoms with Gasteiger partial charge in [0.25, 0.3) is 11.1 Å². The van der Waals surface area contributed by atoms with Crippen molar-refractivity contribution in [2.75, 3.05) is 36.4 Å². The van der Waals surface area contributed by atoms with Gasteiger partial charge in [0, 0.05) is 49.8 Å². The van der Waals surface area contributed by atoms with Gasteiger partial charge in [-0.3, -0.25) is 9.59 Å². The molecular weight excluding hydrogens is 550 g/mol. The minimum Gasteiger partial charge on any atom is -0.444 e. The molecule has 13 heteroatoms. The third kappa shape index (κ3) is 6.30. The number of hydrogen-bond acceptors (Lipinski definition) is 9. The summed E-state index contributed by atoms with van der Waals surface area (Å²) in [6.07, 6.45) is 2.81. The summed E-state index contributed by atoms with van der Waals surface area (Å²) in [5.74, 6) is 0.677. The van der Waals surface area contributed by atoms with E-state index in [1.807, 2.05) is 58.9 Å². The quantitative estimate of drug-likeness (QED) is 0.321. The molecule has 13 nitrogen and oxygen atoms in total. The Morgan fingerprint density at radius 2 is 1.77 bits per heavy atom. The number of rotatable bonds is 7. The van der Waals surface area contributed by atoms with Gasteiger partial charge >= 0.3 is 6.09 Å². The van der Waals surface area contributed by atoms with Crippen molar-refractivity contribution in [2.24, 2.45) is 0 Å². The highest BCUT2D eigenvalue weighted by atomic mass is 16.6. The smallest absolute Gasteiger partial charge is 0.410 e. The van der Waals surface area contributed by atoms with E-state index in [0.717, 1.165) is 11.4 Å². The van der Waals surface area contributed by atoms with Crippen LogP contribution in [0.4, 0.5) is 22.1 Å². The number of carbonyl (C=O) groups excluding carboxylic acids is 1. The number of piperazine rings is 1. The molecule has 1 amide bonds. The van der Waals surface area contributed by atoms with E-state index < -0.39 is 5.60 Å². The molecular formula is C30H37N9O4. The van der Waals surface area contributed by atoms with Crippen molar-refractivity contribution in [1.29, 1.82) is 0 Å². The molecule has 1 aromatic carbocycles. The lowest BCUT2D eigenvalue weighted by atomic mass is 10.2. The Balaban J connectivity index is 1.37. The third-order valence-electron chi connectivity index (χ3n) is 6.91. The van der Waals surface area contributed by atoms with E-state index >= 15 is 0 Å². The van der Waals surface area contributed by atoms with Crippen molar-refractivity contribution >= 4 is 34.4 Å². The zero-order valence-electron chi connectivity index (χ0n) is 25.1. The molecule has 43 heavy (non-hydrogen) atoms. The fourth-order valence-electron chi connectivity index (χ4n) is 4.87. The summed E-state index contributed by atoms with van der Waals surface area (Å²) in [5.41, 5.74) is 1.11. The van der Waals surface area contributed by atoms with Crippen molar-refractivity contribution in [3.8, 4) is 5.82 Å². The SMILES string of the molecule is C=CCn1c(=O)c2cnc(Nc3ccc(N4CCN(C(=O)OC(C)(C)C)CC4)cc3)nc2n1-c1ccc(=O)n(C(C)C)n1. The molecule has 0 radical (unpaired) electrons. The fourth-order valence-corrected chi connectivity index (χ4v) is 4.87. The first-order chi connectivity index (χ1) is 20.4. The standard InChI is InChI=1S/C30H37N9O4/c1-7-14-37-27(41)23-19-31-28(33-26(23)39(37)24-12-13-25(40)38(34-24)20(2)3)32-21-8-10-22(11-9-21)35-15-17-36(18-16-35)29(42)43-30(4,5)6/h7-13,19-20H,1,14-18H2,2-6H3,(H,31,32,33). The number of benzene rings is 1. The highest BCUT2D eigenvalue weighted by Crippen LogP contribution is 2.23. The second-order valence-electron chi connectivity index (χ2n) is 11.6. The topological polar surface area (TPSA) is 132 Å². The maximum absolute atomic E-state index is 13.2. The summed E-state index contributed by atoms with van der Waals surface area (Å²) in [4.78, 5) is 51.0. The van der Waals surface area contributed by atoms with E-state index in [-0.39, 0.29) is 29.8 Å². The van der Waals surface area contributed by atoms with Gasteiger partial charge in [-0.05, 0) is 65.0 Å². The van der Waals surface area contributed by atoms with Gasteiger partial charge in [-0.15, -0.1) is 11.7 Å². The maximum Gasteiger partial charge on any atom is 0.410 e. The third-order valence-corrected chi connectivity index (χ3v) is 6.91. The van der Waals surface area contributed by atoms with E-state index in [1.54, 1.807) is 21.7 Å². The Kier molecular flexibility index (Phi) is 8.07. The zero-order valence-corrected chi connectivity index (χ0v) is 25.1. The Labute approximate surface area is 249 Å². The number of anilines is 3. The molecule has 0 aliphatic carbocycles. The van der Waals surface area contributed by atoms with Crippen LogP contribution in [-0.4, -0.2) is 71.9 Å². The van der Waals surface area contributed by atoms with Crippen LogP contribution >= 0.6 is 0 Å². The Hall–Kier alpha value is -4.94. The molecule has 5 rings (SSSR count). The second kappa shape index (κ2) is 11.7. The van der Waals surface area contributed by atoms with Gasteiger partial charge in [-0.2, -0.15) is 4.98 Å². The summed E-state index contributed by atoms with van der Waals surface area (Å²) in [6.45, 7) is 15.9. The number of fused-ring (bicyclic) bond motifs is 1. The monoisotopic (exact) mass is 587 g/mol. The van der Waals surface area contributed by atoms with Crippen LogP contribution < -0.4 is 21.3 Å². The van der Waals surface area contributed by atoms with Crippen LogP contribution in [0.3, 0.4) is 0 Å². The number of ether oxygens (including phenoxy) is 1. The van der Waals surface area contributed by atoms with E-state index in [2.05, 4.69) is 31.9 Å². The molecule has 4 aromatic rings. The van der Waals surface area contributed by atoms with E-state index in [1.165, 1.54) is 21.6 Å².